The Morgan fingerprint density at radius 1 is 0.556 bits per heavy atom. The van der Waals surface area contributed by atoms with E-state index in [0.717, 1.165) is 134 Å². The third-order valence-corrected chi connectivity index (χ3v) is 27.5. The Kier molecular flexibility index (Phi) is 21.4. The standard InChI is InChI=1S/C39H29B2N3O4.C32H42N4O4.C32H34O4/c1-47-26-15-11-24(12-16-26)40-21-30-28(19-9-22-5-3-7-31(42-40)33(22)30)35-38(45)36(39(35)46)29-20-10-23-6-4-8-32-34(23)37(29)44-41(43-32)25-13-17-27(48-2)18-14-25;1-15-31(5,6)21-11-19(23(33-17(3)37)13-25(21)35(15)9)27-29(39)28(30(27)40)20-12-22-26(14-24(20)34-18(4)38)36(10)16(2)32(22,7)8;1-31(2,3)27-17-19(21-11-7-9-13-25(21)35-27)15-23-29(33)24(30(23)34)16-20-18-28(32(4,5)6)36-26-14-10-8-12-22(20)26/h3-20,42-43,45H,21H2,1-2H3;11-16,27-30H,1-10H3,(H,33,37)(H,34,38);7-18,23-24,29-30H,1-6H3/q;2*-2/b;;19-15+,20-16+. The van der Waals surface area contributed by atoms with Gasteiger partial charge in [0.1, 0.15) is 40.3 Å². The summed E-state index contributed by atoms with van der Waals surface area (Å²) in [5.41, 5.74) is 15.8. The quantitative estimate of drug-likeness (QED) is 0.0753. The topological polar surface area (TPSA) is 268 Å². The van der Waals surface area contributed by atoms with Crippen LogP contribution >= 0.6 is 0 Å². The van der Waals surface area contributed by atoms with E-state index >= 15 is 0 Å². The Bertz CT molecular complexity index is 6150. The van der Waals surface area contributed by atoms with Crippen molar-refractivity contribution >= 4 is 120 Å². The maximum atomic E-state index is 14.3. The number of hydrogen-bond acceptors (Lipinski definition) is 17. The minimum absolute atomic E-state index is 0.00965. The third-order valence-electron chi connectivity index (χ3n) is 27.5. The van der Waals surface area contributed by atoms with E-state index in [4.69, 9.17) is 23.9 Å². The molecule has 0 aromatic heterocycles. The second-order valence-electron chi connectivity index (χ2n) is 37.7. The molecule has 124 heavy (non-hydrogen) atoms. The first-order chi connectivity index (χ1) is 58.9. The lowest BCUT2D eigenvalue weighted by Gasteiger charge is -2.62. The number of carbonyl (C=O) groups is 3. The first-order valence-corrected chi connectivity index (χ1v) is 42.9. The molecular weight excluding hydrogens is 1550 g/mol. The number of methoxy groups -OCH3 is 2. The number of likely N-dealkylation sites (N-methyl/N-ethyl adjacent to an activating group) is 2. The lowest BCUT2D eigenvalue weighted by molar-refractivity contribution is -0.549. The van der Waals surface area contributed by atoms with E-state index in [2.05, 4.69) is 138 Å². The molecule has 2 amide bonds. The lowest BCUT2D eigenvalue weighted by atomic mass is 9.49. The molecule has 10 aromatic rings. The average Bonchev–Trinajstić information content (AvgIpc) is 1.46. The summed E-state index contributed by atoms with van der Waals surface area (Å²) in [6, 6.07) is 59.9. The van der Waals surface area contributed by atoms with Gasteiger partial charge in [-0.05, 0) is 177 Å². The normalized spacial score (nSPS) is 23.7. The van der Waals surface area contributed by atoms with E-state index in [9.17, 15) is 39.9 Å². The first-order valence-electron chi connectivity index (χ1n) is 42.9. The van der Waals surface area contributed by atoms with Crippen molar-refractivity contribution in [2.45, 2.75) is 162 Å². The Labute approximate surface area is 725 Å². The number of hydrogen-bond donors (Lipinski definition) is 5. The zero-order valence-electron chi connectivity index (χ0n) is 73.5. The molecule has 2 atom stereocenters. The van der Waals surface area contributed by atoms with Gasteiger partial charge < -0.3 is 80.3 Å². The molecule has 19 nitrogen and oxygen atoms in total. The van der Waals surface area contributed by atoms with E-state index in [1.165, 1.54) is 13.8 Å². The van der Waals surface area contributed by atoms with Gasteiger partial charge in [-0.3, -0.25) is 14.4 Å². The van der Waals surface area contributed by atoms with Gasteiger partial charge in [-0.1, -0.05) is 208 Å². The monoisotopic (exact) mass is 1650 g/mol. The van der Waals surface area contributed by atoms with Crippen LogP contribution in [-0.4, -0.2) is 101 Å². The molecule has 2 saturated carbocycles. The van der Waals surface area contributed by atoms with Gasteiger partial charge in [0.2, 0.25) is 17.6 Å². The second-order valence-corrected chi connectivity index (χ2v) is 37.7. The van der Waals surface area contributed by atoms with E-state index < -0.39 is 48.1 Å². The molecular formula is C103H105B2N7O12-4. The summed E-state index contributed by atoms with van der Waals surface area (Å²) in [7, 11) is 7.36. The van der Waals surface area contributed by atoms with E-state index in [-0.39, 0.29) is 70.9 Å². The minimum Gasteiger partial charge on any atom is -0.851 e. The summed E-state index contributed by atoms with van der Waals surface area (Å²) >= 11 is 0. The highest BCUT2D eigenvalue weighted by Gasteiger charge is 2.48. The largest absolute Gasteiger partial charge is 0.851 e. The van der Waals surface area contributed by atoms with Crippen LogP contribution in [0.2, 0.25) is 0 Å². The summed E-state index contributed by atoms with van der Waals surface area (Å²) in [6.45, 7) is 28.0. The Morgan fingerprint density at radius 2 is 1.01 bits per heavy atom. The Morgan fingerprint density at radius 3 is 1.47 bits per heavy atom. The van der Waals surface area contributed by atoms with Crippen molar-refractivity contribution in [3.05, 3.63) is 279 Å². The summed E-state index contributed by atoms with van der Waals surface area (Å²) in [6.07, 6.45) is 3.94. The molecule has 2 unspecified atom stereocenters. The number of ether oxygens (including phenoxy) is 4. The highest BCUT2D eigenvalue weighted by molar-refractivity contribution is 6.77. The van der Waals surface area contributed by atoms with Gasteiger partial charge in [-0.2, -0.15) is 0 Å². The fourth-order valence-corrected chi connectivity index (χ4v) is 19.5. The fraction of sp³-hybridized carbons (Fsp3) is 0.320. The van der Waals surface area contributed by atoms with Crippen molar-refractivity contribution in [1.29, 1.82) is 0 Å². The number of benzene rings is 10. The number of anilines is 6. The molecule has 9 aliphatic rings. The van der Waals surface area contributed by atoms with Crippen LogP contribution in [0.4, 0.5) is 34.1 Å². The van der Waals surface area contributed by atoms with Crippen LogP contribution in [0.5, 0.6) is 23.0 Å². The molecule has 0 spiro atoms. The number of nitrogens with zero attached hydrogens (tertiary/aromatic N) is 3. The Balaban J connectivity index is 0.000000133. The van der Waals surface area contributed by atoms with E-state index in [0.29, 0.717) is 50.5 Å². The highest BCUT2D eigenvalue weighted by Crippen LogP contribution is 2.57. The summed E-state index contributed by atoms with van der Waals surface area (Å²) in [5.74, 6) is 1.26. The van der Waals surface area contributed by atoms with Crippen molar-refractivity contribution in [2.75, 3.05) is 59.2 Å². The summed E-state index contributed by atoms with van der Waals surface area (Å²) in [4.78, 5) is 48.1. The van der Waals surface area contributed by atoms with Gasteiger partial charge >= 0.3 is 6.98 Å². The predicted octanol–water partition coefficient (Wildman–Crippen LogP) is 13.2. The van der Waals surface area contributed by atoms with Crippen molar-refractivity contribution in [2.24, 2.45) is 27.6 Å². The number of amides is 2. The van der Waals surface area contributed by atoms with Gasteiger partial charge in [-0.25, -0.2) is 0 Å². The number of carbonyl (C=O) groups excluding carboxylic acids is 3. The fourth-order valence-electron chi connectivity index (χ4n) is 19.5. The number of fused-ring (bicyclic) bond motifs is 4. The molecule has 10 aromatic carbocycles. The number of Topliss-reactive ketones (excluding diaryl/α,β-unsaturated/α-hetero) is 1. The van der Waals surface area contributed by atoms with Crippen LogP contribution in [0.3, 0.4) is 0 Å². The SMILES string of the molecule is CC(=O)Nc1cc2c(cc1C1C([O-])C(c3cc4c(cc3NC(C)=O)N(C)C(C)C4(C)C)C1[O-])C(C)(C)C(C)N2C.CC(C)(C)C1=C/C(=C\C2C([O-])C(/C=C3\C=C(C(C)(C)C)Oc4ccccc43)C2[O-])c2ccccc2O1.COc1ccc(B2Cc3c(C4=C(O)C(=c5ccc6cccc7c6c5=NB(c5ccc(OC)cc5)N7)C4=O)ccc4cccc(c34)N2)cc1. The molecule has 634 valence electrons. The van der Waals surface area contributed by atoms with Crippen molar-refractivity contribution < 1.29 is 58.9 Å². The average molecular weight is 1650 g/mol. The van der Waals surface area contributed by atoms with Crippen molar-refractivity contribution in [1.82, 2.24) is 0 Å². The van der Waals surface area contributed by atoms with E-state index in [1.807, 2.05) is 196 Å². The van der Waals surface area contributed by atoms with Crippen molar-refractivity contribution in [3.63, 3.8) is 0 Å². The minimum atomic E-state index is -1.22. The predicted molar refractivity (Wildman–Crippen MR) is 490 cm³/mol. The zero-order valence-corrected chi connectivity index (χ0v) is 73.5. The molecule has 6 heterocycles. The summed E-state index contributed by atoms with van der Waals surface area (Å²) in [5, 5.41) is 85.2. The molecule has 3 aliphatic carbocycles. The number of rotatable bonds is 11. The maximum absolute atomic E-state index is 14.3. The van der Waals surface area contributed by atoms with Crippen LogP contribution in [0.25, 0.3) is 43.8 Å². The smallest absolute Gasteiger partial charge is 0.427 e. The van der Waals surface area contributed by atoms with Crippen molar-refractivity contribution in [3.8, 4) is 23.0 Å². The number of para-hydroxylation sites is 2. The number of ketones is 1. The molecule has 2 fully saturated rings. The highest BCUT2D eigenvalue weighted by atomic mass is 16.5. The number of aliphatic hydroxyl groups excluding tert-OH is 1. The number of nitrogens with one attached hydrogen (secondary N) is 4. The van der Waals surface area contributed by atoms with E-state index in [1.54, 1.807) is 14.2 Å². The van der Waals surface area contributed by atoms with Gasteiger partial charge in [0.25, 0.3) is 6.85 Å². The van der Waals surface area contributed by atoms with Crippen LogP contribution in [-0.2, 0) is 31.5 Å². The van der Waals surface area contributed by atoms with Crippen LogP contribution in [0, 0.1) is 22.7 Å². The molecule has 0 bridgehead atoms. The Hall–Kier alpha value is -12.1. The summed E-state index contributed by atoms with van der Waals surface area (Å²) < 4.78 is 23.0. The van der Waals surface area contributed by atoms with Gasteiger partial charge in [0.05, 0.1) is 30.7 Å². The maximum Gasteiger partial charge on any atom is 0.427 e. The molecule has 6 aliphatic heterocycles. The molecule has 5 N–H and O–H groups in total. The number of allylic oxidation sites excluding steroid dienone is 8. The molecule has 0 radical (unpaired) electrons. The zero-order chi connectivity index (χ0) is 88.0. The lowest BCUT2D eigenvalue weighted by Crippen LogP contribution is -2.65. The van der Waals surface area contributed by atoms with Gasteiger partial charge in [-0.15, -0.1) is 24.4 Å². The third kappa shape index (κ3) is 14.5. The molecule has 0 saturated heterocycles. The first kappa shape index (κ1) is 84.1. The van der Waals surface area contributed by atoms with Crippen LogP contribution in [0.1, 0.15) is 153 Å². The molecule has 19 rings (SSSR count). The van der Waals surface area contributed by atoms with Gasteiger partial charge in [0.15, 0.2) is 0 Å². The van der Waals surface area contributed by atoms with Crippen LogP contribution < -0.4 is 91.8 Å². The molecule has 21 heteroatoms. The van der Waals surface area contributed by atoms with Crippen LogP contribution in [0.15, 0.2) is 228 Å². The number of aliphatic hydroxyl groups is 1. The second kappa shape index (κ2) is 31.6. The van der Waals surface area contributed by atoms with Gasteiger partial charge in [0, 0.05) is 123 Å².